The minimum absolute atomic E-state index is 0.0648. The van der Waals surface area contributed by atoms with Gasteiger partial charge >= 0.3 is 0 Å². The van der Waals surface area contributed by atoms with E-state index >= 15 is 0 Å². The van der Waals surface area contributed by atoms with Crippen LogP contribution >= 0.6 is 15.9 Å². The molecule has 0 radical (unpaired) electrons. The Balaban J connectivity index is 2.21. The Morgan fingerprint density at radius 3 is 2.72 bits per heavy atom. The van der Waals surface area contributed by atoms with E-state index in [9.17, 15) is 10.1 Å². The van der Waals surface area contributed by atoms with Gasteiger partial charge in [-0.25, -0.2) is 0 Å². The summed E-state index contributed by atoms with van der Waals surface area (Å²) in [4.78, 5) is 10.5. The summed E-state index contributed by atoms with van der Waals surface area (Å²) < 4.78 is 5.78. The molecule has 1 aliphatic rings. The molecular weight excluding hydrogens is 300 g/mol. The van der Waals surface area contributed by atoms with Crippen molar-refractivity contribution in [3.8, 4) is 0 Å². The number of hydrogen-bond donors (Lipinski definition) is 1. The molecule has 0 unspecified atom stereocenters. The summed E-state index contributed by atoms with van der Waals surface area (Å²) in [5, 5.41) is 10.9. The van der Waals surface area contributed by atoms with Gasteiger partial charge in [0.15, 0.2) is 0 Å². The van der Waals surface area contributed by atoms with E-state index in [1.807, 2.05) is 6.07 Å². The van der Waals surface area contributed by atoms with Gasteiger partial charge in [-0.3, -0.25) is 10.1 Å². The Morgan fingerprint density at radius 2 is 2.11 bits per heavy atom. The van der Waals surface area contributed by atoms with Crippen LogP contribution in [0.15, 0.2) is 22.7 Å². The summed E-state index contributed by atoms with van der Waals surface area (Å²) >= 11 is 3.17. The minimum Gasteiger partial charge on any atom is -0.381 e. The van der Waals surface area contributed by atoms with Crippen molar-refractivity contribution in [2.24, 2.45) is 11.7 Å². The number of hydrogen-bond acceptors (Lipinski definition) is 4. The molecule has 1 aromatic rings. The first-order valence-electron chi connectivity index (χ1n) is 5.86. The summed E-state index contributed by atoms with van der Waals surface area (Å²) in [6, 6.07) is 4.93. The van der Waals surface area contributed by atoms with Crippen molar-refractivity contribution in [3.63, 3.8) is 0 Å². The normalized spacial score (nSPS) is 18.6. The number of halogens is 1. The second kappa shape index (κ2) is 5.77. The first kappa shape index (κ1) is 13.5. The zero-order chi connectivity index (χ0) is 13.1. The second-order valence-electron chi connectivity index (χ2n) is 4.44. The number of nitro groups is 1. The quantitative estimate of drug-likeness (QED) is 0.687. The fraction of sp³-hybridized carbons (Fsp3) is 0.500. The summed E-state index contributed by atoms with van der Waals surface area (Å²) in [7, 11) is 0. The molecule has 1 fully saturated rings. The van der Waals surface area contributed by atoms with Gasteiger partial charge in [-0.05, 0) is 46.3 Å². The third-order valence-electron chi connectivity index (χ3n) is 3.33. The summed E-state index contributed by atoms with van der Waals surface area (Å²) in [6.07, 6.45) is 1.82. The predicted octanol–water partition coefficient (Wildman–Crippen LogP) is 2.78. The molecule has 1 saturated heterocycles. The van der Waals surface area contributed by atoms with Crippen LogP contribution in [0, 0.1) is 16.0 Å². The highest BCUT2D eigenvalue weighted by atomic mass is 79.9. The number of benzene rings is 1. The molecule has 0 amide bonds. The summed E-state index contributed by atoms with van der Waals surface area (Å²) in [6.45, 7) is 1.44. The van der Waals surface area contributed by atoms with Crippen molar-refractivity contribution in [2.75, 3.05) is 13.2 Å². The first-order chi connectivity index (χ1) is 8.59. The van der Waals surface area contributed by atoms with E-state index < -0.39 is 4.92 Å². The zero-order valence-corrected chi connectivity index (χ0v) is 11.4. The maximum atomic E-state index is 10.9. The fourth-order valence-electron chi connectivity index (χ4n) is 2.22. The minimum atomic E-state index is -0.399. The third kappa shape index (κ3) is 2.88. The highest BCUT2D eigenvalue weighted by Gasteiger charge is 2.24. The average Bonchev–Trinajstić information content (AvgIpc) is 2.39. The lowest BCUT2D eigenvalue weighted by molar-refractivity contribution is -0.385. The monoisotopic (exact) mass is 314 g/mol. The molecule has 1 heterocycles. The molecule has 1 aliphatic heterocycles. The Hall–Kier alpha value is -0.980. The third-order valence-corrected chi connectivity index (χ3v) is 4.00. The smallest absolute Gasteiger partial charge is 0.283 e. The van der Waals surface area contributed by atoms with Crippen molar-refractivity contribution in [1.82, 2.24) is 0 Å². The molecule has 0 aromatic heterocycles. The molecule has 18 heavy (non-hydrogen) atoms. The molecule has 2 rings (SSSR count). The molecule has 1 aromatic carbocycles. The molecule has 0 spiro atoms. The van der Waals surface area contributed by atoms with E-state index in [1.165, 1.54) is 0 Å². The van der Waals surface area contributed by atoms with Crippen LogP contribution < -0.4 is 5.73 Å². The number of rotatable bonds is 3. The highest BCUT2D eigenvalue weighted by molar-refractivity contribution is 9.10. The van der Waals surface area contributed by atoms with Gasteiger partial charge in [0, 0.05) is 25.3 Å². The van der Waals surface area contributed by atoms with Crippen LogP contribution in [0.2, 0.25) is 0 Å². The maximum absolute atomic E-state index is 10.9. The number of nitrogens with zero attached hydrogens (tertiary/aromatic N) is 1. The topological polar surface area (TPSA) is 78.4 Å². The number of ether oxygens (including phenoxy) is 1. The number of nitro benzene ring substituents is 1. The van der Waals surface area contributed by atoms with Gasteiger partial charge < -0.3 is 10.5 Å². The van der Waals surface area contributed by atoms with E-state index in [1.54, 1.807) is 12.1 Å². The zero-order valence-electron chi connectivity index (χ0n) is 9.84. The largest absolute Gasteiger partial charge is 0.381 e. The SMILES string of the molecule is N[C@@H](c1ccc(Br)c([N+](=O)[O-])c1)C1CCOCC1. The van der Waals surface area contributed by atoms with Gasteiger partial charge in [-0.15, -0.1) is 0 Å². The van der Waals surface area contributed by atoms with E-state index in [-0.39, 0.29) is 11.7 Å². The lowest BCUT2D eigenvalue weighted by atomic mass is 9.88. The van der Waals surface area contributed by atoms with Crippen LogP contribution in [0.25, 0.3) is 0 Å². The van der Waals surface area contributed by atoms with Gasteiger partial charge in [0.25, 0.3) is 5.69 Å². The van der Waals surface area contributed by atoms with Crippen LogP contribution in [-0.2, 0) is 4.74 Å². The van der Waals surface area contributed by atoms with Gasteiger partial charge in [0.05, 0.1) is 9.40 Å². The molecule has 2 N–H and O–H groups in total. The predicted molar refractivity (Wildman–Crippen MR) is 71.3 cm³/mol. The number of nitrogens with two attached hydrogens (primary N) is 1. The van der Waals surface area contributed by atoms with Crippen molar-refractivity contribution >= 4 is 21.6 Å². The molecule has 98 valence electrons. The Morgan fingerprint density at radius 1 is 1.44 bits per heavy atom. The van der Waals surface area contributed by atoms with Crippen LogP contribution in [-0.4, -0.2) is 18.1 Å². The molecular formula is C12H15BrN2O3. The molecule has 0 bridgehead atoms. The fourth-order valence-corrected chi connectivity index (χ4v) is 2.62. The van der Waals surface area contributed by atoms with E-state index in [4.69, 9.17) is 10.5 Å². The van der Waals surface area contributed by atoms with Crippen molar-refractivity contribution in [3.05, 3.63) is 38.3 Å². The summed E-state index contributed by atoms with van der Waals surface area (Å²) in [5.41, 5.74) is 7.08. The Labute approximate surface area is 114 Å². The van der Waals surface area contributed by atoms with Gasteiger partial charge in [-0.1, -0.05) is 6.07 Å². The standard InChI is InChI=1S/C12H15BrN2O3/c13-10-2-1-9(7-11(10)15(16)17)12(14)8-3-5-18-6-4-8/h1-2,7-8,12H,3-6,14H2/t12-/m1/s1. The van der Waals surface area contributed by atoms with Gasteiger partial charge in [-0.2, -0.15) is 0 Å². The van der Waals surface area contributed by atoms with Crippen molar-refractivity contribution in [1.29, 1.82) is 0 Å². The van der Waals surface area contributed by atoms with Crippen molar-refractivity contribution in [2.45, 2.75) is 18.9 Å². The molecule has 1 atom stereocenters. The molecule has 5 nitrogen and oxygen atoms in total. The van der Waals surface area contributed by atoms with E-state index in [2.05, 4.69) is 15.9 Å². The summed E-state index contributed by atoms with van der Waals surface area (Å²) in [5.74, 6) is 0.333. The van der Waals surface area contributed by atoms with Gasteiger partial charge in [0.1, 0.15) is 0 Å². The van der Waals surface area contributed by atoms with E-state index in [0.717, 1.165) is 31.6 Å². The lowest BCUT2D eigenvalue weighted by Crippen LogP contribution is -2.27. The van der Waals surface area contributed by atoms with Crippen LogP contribution in [0.5, 0.6) is 0 Å². The van der Waals surface area contributed by atoms with Crippen LogP contribution in [0.3, 0.4) is 0 Å². The lowest BCUT2D eigenvalue weighted by Gasteiger charge is -2.27. The Kier molecular flexibility index (Phi) is 4.31. The van der Waals surface area contributed by atoms with E-state index in [0.29, 0.717) is 10.4 Å². The first-order valence-corrected chi connectivity index (χ1v) is 6.66. The van der Waals surface area contributed by atoms with Gasteiger partial charge in [0.2, 0.25) is 0 Å². The molecule has 0 aliphatic carbocycles. The highest BCUT2D eigenvalue weighted by Crippen LogP contribution is 2.32. The second-order valence-corrected chi connectivity index (χ2v) is 5.30. The average molecular weight is 315 g/mol. The maximum Gasteiger partial charge on any atom is 0.283 e. The van der Waals surface area contributed by atoms with Crippen LogP contribution in [0.4, 0.5) is 5.69 Å². The van der Waals surface area contributed by atoms with Crippen molar-refractivity contribution < 1.29 is 9.66 Å². The molecule has 6 heteroatoms. The Bertz CT molecular complexity index is 447. The van der Waals surface area contributed by atoms with Crippen LogP contribution in [0.1, 0.15) is 24.4 Å². The molecule has 0 saturated carbocycles.